The second kappa shape index (κ2) is 6.48. The minimum Gasteiger partial charge on any atom is -0.428 e. The molecule has 0 aliphatic heterocycles. The lowest BCUT2D eigenvalue weighted by Crippen LogP contribution is -1.96. The summed E-state index contributed by atoms with van der Waals surface area (Å²) < 4.78 is 9.15. The molecular weight excluding hydrogens is 279 g/mol. The van der Waals surface area contributed by atoms with Crippen LogP contribution in [0.1, 0.15) is 0 Å². The summed E-state index contributed by atoms with van der Waals surface area (Å²) in [5.41, 5.74) is 0.862. The first-order chi connectivity index (χ1) is 9.16. The first-order valence-electron chi connectivity index (χ1n) is 5.59. The van der Waals surface area contributed by atoms with Gasteiger partial charge in [-0.1, -0.05) is 36.4 Å². The van der Waals surface area contributed by atoms with Gasteiger partial charge in [0.25, 0.3) is 0 Å². The van der Waals surface area contributed by atoms with E-state index in [-0.39, 0.29) is 0 Å². The molecule has 2 aromatic carbocycles. The van der Waals surface area contributed by atoms with Crippen LogP contribution in [0, 0.1) is 0 Å². The molecule has 19 heavy (non-hydrogen) atoms. The molecule has 98 valence electrons. The summed E-state index contributed by atoms with van der Waals surface area (Å²) in [6, 6.07) is 18.4. The van der Waals surface area contributed by atoms with E-state index in [0.29, 0.717) is 5.75 Å². The van der Waals surface area contributed by atoms with Crippen molar-refractivity contribution < 1.29 is 9.42 Å². The summed E-state index contributed by atoms with van der Waals surface area (Å²) in [6.45, 7) is -3.21. The minimum atomic E-state index is -3.21. The maximum atomic E-state index is 9.91. The van der Waals surface area contributed by atoms with Gasteiger partial charge in [0.2, 0.25) is 0 Å². The lowest BCUT2D eigenvalue weighted by molar-refractivity contribution is 0.485. The fourth-order valence-corrected chi connectivity index (χ4v) is 2.40. The molecule has 0 spiro atoms. The fourth-order valence-electron chi connectivity index (χ4n) is 1.35. The minimum absolute atomic E-state index is 0.505. The Bertz CT molecular complexity index is 590. The van der Waals surface area contributed by atoms with E-state index in [1.807, 2.05) is 36.4 Å². The Morgan fingerprint density at radius 3 is 2.26 bits per heavy atom. The predicted molar refractivity (Wildman–Crippen MR) is 82.1 cm³/mol. The molecule has 0 saturated carbocycles. The Morgan fingerprint density at radius 1 is 1.05 bits per heavy atom. The van der Waals surface area contributed by atoms with Crippen molar-refractivity contribution in [2.45, 2.75) is 0 Å². The van der Waals surface area contributed by atoms with Crippen molar-refractivity contribution in [3.8, 4) is 5.75 Å². The molecular formula is C13H13N2O2PS. The molecule has 0 radical (unpaired) electrons. The third-order valence-corrected chi connectivity index (χ3v) is 3.54. The lowest BCUT2D eigenvalue weighted by atomic mass is 10.3. The molecule has 6 heteroatoms. The third kappa shape index (κ3) is 4.83. The zero-order valence-corrected chi connectivity index (χ0v) is 11.7. The van der Waals surface area contributed by atoms with Gasteiger partial charge >= 0.3 is 6.64 Å². The number of para-hydroxylation sites is 2. The summed E-state index contributed by atoms with van der Waals surface area (Å²) in [5.74, 6) is 0.505. The molecule has 2 N–H and O–H groups in total. The Hall–Kier alpha value is -1.68. The summed E-state index contributed by atoms with van der Waals surface area (Å²) in [7, 11) is 0. The molecule has 2 rings (SSSR count). The Balaban J connectivity index is 1.95. The van der Waals surface area contributed by atoms with Crippen molar-refractivity contribution in [3.63, 3.8) is 0 Å². The molecule has 0 saturated heterocycles. The third-order valence-electron chi connectivity index (χ3n) is 2.18. The molecule has 0 fully saturated rings. The van der Waals surface area contributed by atoms with Crippen LogP contribution in [0.15, 0.2) is 65.4 Å². The van der Waals surface area contributed by atoms with Crippen LogP contribution in [0.2, 0.25) is 0 Å². The van der Waals surface area contributed by atoms with Crippen LogP contribution in [0.4, 0.5) is 5.69 Å². The number of rotatable bonds is 5. The van der Waals surface area contributed by atoms with E-state index in [9.17, 15) is 4.89 Å². The fraction of sp³-hybridized carbons (Fsp3) is 0. The molecule has 2 aromatic rings. The van der Waals surface area contributed by atoms with Gasteiger partial charge < -0.3 is 14.7 Å². The summed E-state index contributed by atoms with van der Waals surface area (Å²) in [5, 5.41) is 2.92. The van der Waals surface area contributed by atoms with E-state index in [2.05, 4.69) is 10.1 Å². The molecule has 4 nitrogen and oxygen atoms in total. The van der Waals surface area contributed by atoms with E-state index < -0.39 is 6.64 Å². The van der Waals surface area contributed by atoms with Crippen LogP contribution >= 0.6 is 6.64 Å². The van der Waals surface area contributed by atoms with Gasteiger partial charge in [0.15, 0.2) is 0 Å². The Kier molecular flexibility index (Phi) is 4.68. The van der Waals surface area contributed by atoms with E-state index >= 15 is 0 Å². The smallest absolute Gasteiger partial charge is 0.359 e. The normalized spacial score (nSPS) is 13.9. The van der Waals surface area contributed by atoms with Crippen LogP contribution in [-0.4, -0.2) is 11.2 Å². The van der Waals surface area contributed by atoms with Crippen LogP contribution in [-0.2, 0) is 11.8 Å². The molecule has 1 unspecified atom stereocenters. The van der Waals surface area contributed by atoms with Crippen molar-refractivity contribution in [2.75, 3.05) is 5.32 Å². The monoisotopic (exact) mass is 292 g/mol. The van der Waals surface area contributed by atoms with E-state index in [1.54, 1.807) is 24.3 Å². The molecule has 1 atom stereocenters. The highest BCUT2D eigenvalue weighted by Gasteiger charge is 2.12. The maximum Gasteiger partial charge on any atom is 0.359 e. The first kappa shape index (κ1) is 13.7. The summed E-state index contributed by atoms with van der Waals surface area (Å²) >= 11 is 4.95. The van der Waals surface area contributed by atoms with E-state index in [4.69, 9.17) is 16.3 Å². The molecule has 0 aromatic heterocycles. The molecule has 0 heterocycles. The van der Waals surface area contributed by atoms with Crippen molar-refractivity contribution in [1.82, 2.24) is 0 Å². The predicted octanol–water partition coefficient (Wildman–Crippen LogP) is 3.42. The number of hydrogen-bond donors (Lipinski definition) is 2. The first-order valence-corrected chi connectivity index (χ1v) is 8.21. The number of benzene rings is 2. The van der Waals surface area contributed by atoms with Gasteiger partial charge in [-0.05, 0) is 24.3 Å². The number of hydrogen-bond acceptors (Lipinski definition) is 2. The van der Waals surface area contributed by atoms with Crippen LogP contribution in [0.3, 0.4) is 0 Å². The van der Waals surface area contributed by atoms with Gasteiger partial charge in [-0.2, -0.15) is 4.76 Å². The van der Waals surface area contributed by atoms with Gasteiger partial charge in [-0.15, -0.1) is 0 Å². The lowest BCUT2D eigenvalue weighted by Gasteiger charge is -2.11. The highest BCUT2D eigenvalue weighted by atomic mass is 32.5. The Morgan fingerprint density at radius 2 is 1.63 bits per heavy atom. The average Bonchev–Trinajstić information content (AvgIpc) is 2.40. The second-order valence-electron chi connectivity index (χ2n) is 3.65. The topological polar surface area (TPSA) is 53.9 Å². The van der Waals surface area contributed by atoms with Crippen LogP contribution in [0.5, 0.6) is 5.75 Å². The van der Waals surface area contributed by atoms with Crippen LogP contribution < -0.4 is 9.84 Å². The highest BCUT2D eigenvalue weighted by molar-refractivity contribution is 8.09. The van der Waals surface area contributed by atoms with Crippen LogP contribution in [0.25, 0.3) is 0 Å². The van der Waals surface area contributed by atoms with E-state index in [1.165, 1.54) is 6.34 Å². The van der Waals surface area contributed by atoms with Crippen molar-refractivity contribution in [3.05, 3.63) is 60.7 Å². The highest BCUT2D eigenvalue weighted by Crippen LogP contribution is 2.43. The quantitative estimate of drug-likeness (QED) is 0.503. The SMILES string of the molecule is OP(=S)(/N=C/Nc1ccccc1)Oc1ccccc1. The van der Waals surface area contributed by atoms with Gasteiger partial charge in [-0.3, -0.25) is 0 Å². The van der Waals surface area contributed by atoms with Crippen molar-refractivity contribution in [2.24, 2.45) is 4.76 Å². The zero-order chi connectivity index (χ0) is 13.6. The van der Waals surface area contributed by atoms with E-state index in [0.717, 1.165) is 5.69 Å². The zero-order valence-electron chi connectivity index (χ0n) is 10.0. The van der Waals surface area contributed by atoms with Crippen molar-refractivity contribution in [1.29, 1.82) is 0 Å². The number of nitrogens with zero attached hydrogens (tertiary/aromatic N) is 1. The van der Waals surface area contributed by atoms with Gasteiger partial charge in [0.1, 0.15) is 5.75 Å². The molecule has 0 aliphatic rings. The van der Waals surface area contributed by atoms with Gasteiger partial charge in [0, 0.05) is 17.5 Å². The number of nitrogens with one attached hydrogen (secondary N) is 1. The largest absolute Gasteiger partial charge is 0.428 e. The van der Waals surface area contributed by atoms with Gasteiger partial charge in [-0.25, -0.2) is 0 Å². The average molecular weight is 292 g/mol. The summed E-state index contributed by atoms with van der Waals surface area (Å²) in [6.07, 6.45) is 1.36. The van der Waals surface area contributed by atoms with Crippen molar-refractivity contribution >= 4 is 30.5 Å². The number of anilines is 1. The molecule has 0 bridgehead atoms. The molecule has 0 aliphatic carbocycles. The van der Waals surface area contributed by atoms with Gasteiger partial charge in [0.05, 0.1) is 6.34 Å². The summed E-state index contributed by atoms with van der Waals surface area (Å²) in [4.78, 5) is 9.91. The standard InChI is InChI=1S/C13H13N2O2PS/c16-18(19,17-13-9-5-2-6-10-13)15-11-14-12-7-3-1-4-8-12/h1-11H,(H2,14,15,16,19). The maximum absolute atomic E-state index is 9.91. The molecule has 0 amide bonds. The second-order valence-corrected chi connectivity index (χ2v) is 6.47. The Labute approximate surface area is 117 Å².